The number of nitrogen functional groups attached to an aromatic ring is 1. The van der Waals surface area contributed by atoms with Crippen molar-refractivity contribution in [2.24, 2.45) is 0 Å². The number of aryl methyl sites for hydroxylation is 2. The third-order valence-corrected chi connectivity index (χ3v) is 4.42. The summed E-state index contributed by atoms with van der Waals surface area (Å²) in [5, 5.41) is 0.292. The molecule has 9 nitrogen and oxygen atoms in total. The summed E-state index contributed by atoms with van der Waals surface area (Å²) in [5.74, 6) is 0.382. The number of esters is 2. The maximum absolute atomic E-state index is 12.1. The molecule has 3 aromatic rings. The van der Waals surface area contributed by atoms with Gasteiger partial charge in [0.15, 0.2) is 12.4 Å². The van der Waals surface area contributed by atoms with E-state index < -0.39 is 11.9 Å². The SMILES string of the molecule is CCOC(=O)c1c(C)oc2nc(COC(=O)CCc3ccc(OC)cc3)nc(N)c12. The number of aromatic nitrogens is 2. The molecule has 0 aliphatic carbocycles. The summed E-state index contributed by atoms with van der Waals surface area (Å²) < 4.78 is 20.9. The fourth-order valence-corrected chi connectivity index (χ4v) is 2.95. The minimum Gasteiger partial charge on any atom is -0.497 e. The highest BCUT2D eigenvalue weighted by molar-refractivity contribution is 6.07. The molecule has 1 aromatic carbocycles. The number of hydrogen-bond donors (Lipinski definition) is 1. The van der Waals surface area contributed by atoms with Crippen molar-refractivity contribution >= 4 is 28.9 Å². The topological polar surface area (TPSA) is 127 Å². The van der Waals surface area contributed by atoms with Gasteiger partial charge in [0, 0.05) is 6.42 Å². The van der Waals surface area contributed by atoms with Crippen molar-refractivity contribution in [1.29, 1.82) is 0 Å². The lowest BCUT2D eigenvalue weighted by molar-refractivity contribution is -0.145. The van der Waals surface area contributed by atoms with Crippen molar-refractivity contribution in [2.45, 2.75) is 33.3 Å². The van der Waals surface area contributed by atoms with Gasteiger partial charge >= 0.3 is 11.9 Å². The molecule has 0 atom stereocenters. The maximum atomic E-state index is 12.1. The Kier molecular flexibility index (Phi) is 6.51. The van der Waals surface area contributed by atoms with Crippen molar-refractivity contribution < 1.29 is 28.2 Å². The van der Waals surface area contributed by atoms with Gasteiger partial charge < -0.3 is 24.4 Å². The zero-order valence-electron chi connectivity index (χ0n) is 17.1. The van der Waals surface area contributed by atoms with Crippen LogP contribution in [0.3, 0.4) is 0 Å². The predicted molar refractivity (Wildman–Crippen MR) is 108 cm³/mol. The van der Waals surface area contributed by atoms with Crippen LogP contribution in [0.2, 0.25) is 0 Å². The van der Waals surface area contributed by atoms with Gasteiger partial charge in [-0.05, 0) is 38.0 Å². The normalized spacial score (nSPS) is 10.8. The molecule has 0 aliphatic heterocycles. The lowest BCUT2D eigenvalue weighted by atomic mass is 10.1. The van der Waals surface area contributed by atoms with Crippen LogP contribution in [0.5, 0.6) is 5.75 Å². The average molecular weight is 413 g/mol. The second-order valence-corrected chi connectivity index (χ2v) is 6.47. The van der Waals surface area contributed by atoms with Gasteiger partial charge in [-0.15, -0.1) is 0 Å². The Bertz CT molecular complexity index is 1060. The number of methoxy groups -OCH3 is 1. The minimum absolute atomic E-state index is 0.0594. The standard InChI is InChI=1S/C21H23N3O6/c1-4-28-21(26)17-12(2)30-20-18(17)19(22)23-15(24-20)11-29-16(25)10-7-13-5-8-14(27-3)9-6-13/h5-6,8-9H,4,7,10-11H2,1-3H3,(H2,22,23,24). The number of rotatable bonds is 8. The number of ether oxygens (including phenoxy) is 3. The number of nitrogens with zero attached hydrogens (tertiary/aromatic N) is 2. The summed E-state index contributed by atoms with van der Waals surface area (Å²) >= 11 is 0. The summed E-state index contributed by atoms with van der Waals surface area (Å²) in [6, 6.07) is 7.46. The van der Waals surface area contributed by atoms with E-state index in [1.165, 1.54) is 0 Å². The Hall–Kier alpha value is -3.62. The van der Waals surface area contributed by atoms with Gasteiger partial charge in [0.05, 0.1) is 19.1 Å². The summed E-state index contributed by atoms with van der Waals surface area (Å²) in [6.45, 7) is 3.38. The predicted octanol–water partition coefficient (Wildman–Crippen LogP) is 2.97. The molecule has 0 aliphatic rings. The number of nitrogens with two attached hydrogens (primary N) is 1. The first-order valence-electron chi connectivity index (χ1n) is 9.44. The Balaban J connectivity index is 1.64. The van der Waals surface area contributed by atoms with E-state index >= 15 is 0 Å². The van der Waals surface area contributed by atoms with Crippen LogP contribution in [-0.4, -0.2) is 35.6 Å². The van der Waals surface area contributed by atoms with Crippen molar-refractivity contribution in [1.82, 2.24) is 9.97 Å². The van der Waals surface area contributed by atoms with Gasteiger partial charge in [-0.1, -0.05) is 12.1 Å². The molecular weight excluding hydrogens is 390 g/mol. The number of fused-ring (bicyclic) bond motifs is 1. The largest absolute Gasteiger partial charge is 0.497 e. The van der Waals surface area contributed by atoms with Crippen molar-refractivity contribution in [3.63, 3.8) is 0 Å². The van der Waals surface area contributed by atoms with Crippen LogP contribution in [0.1, 0.15) is 40.9 Å². The van der Waals surface area contributed by atoms with Gasteiger partial charge in [-0.2, -0.15) is 4.98 Å². The summed E-state index contributed by atoms with van der Waals surface area (Å²) in [6.07, 6.45) is 0.738. The third kappa shape index (κ3) is 4.68. The molecule has 2 N–H and O–H groups in total. The molecule has 0 saturated heterocycles. The van der Waals surface area contributed by atoms with E-state index in [-0.39, 0.29) is 42.6 Å². The molecule has 0 spiro atoms. The Morgan fingerprint density at radius 2 is 1.87 bits per heavy atom. The molecule has 9 heteroatoms. The maximum Gasteiger partial charge on any atom is 0.342 e. The molecule has 2 heterocycles. The molecule has 0 amide bonds. The fraction of sp³-hybridized carbons (Fsp3) is 0.333. The van der Waals surface area contributed by atoms with Crippen LogP contribution in [0, 0.1) is 6.92 Å². The van der Waals surface area contributed by atoms with E-state index in [0.29, 0.717) is 17.6 Å². The van der Waals surface area contributed by atoms with Gasteiger partial charge in [0.1, 0.15) is 22.9 Å². The molecule has 0 saturated carbocycles. The zero-order valence-corrected chi connectivity index (χ0v) is 17.1. The Morgan fingerprint density at radius 1 is 1.13 bits per heavy atom. The summed E-state index contributed by atoms with van der Waals surface area (Å²) in [4.78, 5) is 32.6. The van der Waals surface area contributed by atoms with Gasteiger partial charge in [0.25, 0.3) is 0 Å². The molecule has 0 radical (unpaired) electrons. The van der Waals surface area contributed by atoms with Crippen LogP contribution in [-0.2, 0) is 27.3 Å². The van der Waals surface area contributed by atoms with Gasteiger partial charge in [-0.25, -0.2) is 9.78 Å². The smallest absolute Gasteiger partial charge is 0.342 e. The summed E-state index contributed by atoms with van der Waals surface area (Å²) in [7, 11) is 1.60. The van der Waals surface area contributed by atoms with Crippen molar-refractivity contribution in [2.75, 3.05) is 19.5 Å². The molecule has 2 aromatic heterocycles. The zero-order chi connectivity index (χ0) is 21.7. The number of furan rings is 1. The molecular formula is C21H23N3O6. The van der Waals surface area contributed by atoms with Crippen LogP contribution < -0.4 is 10.5 Å². The molecule has 0 bridgehead atoms. The van der Waals surface area contributed by atoms with E-state index in [4.69, 9.17) is 24.4 Å². The van der Waals surface area contributed by atoms with E-state index in [1.807, 2.05) is 24.3 Å². The molecule has 158 valence electrons. The van der Waals surface area contributed by atoms with E-state index in [1.54, 1.807) is 21.0 Å². The van der Waals surface area contributed by atoms with E-state index in [0.717, 1.165) is 11.3 Å². The minimum atomic E-state index is -0.554. The number of hydrogen-bond acceptors (Lipinski definition) is 9. The lowest BCUT2D eigenvalue weighted by Crippen LogP contribution is -2.10. The van der Waals surface area contributed by atoms with Crippen molar-refractivity contribution in [3.05, 3.63) is 47.0 Å². The summed E-state index contributed by atoms with van der Waals surface area (Å²) in [5.41, 5.74) is 7.34. The van der Waals surface area contributed by atoms with Crippen LogP contribution in [0.25, 0.3) is 11.1 Å². The van der Waals surface area contributed by atoms with Gasteiger partial charge in [-0.3, -0.25) is 4.79 Å². The highest BCUT2D eigenvalue weighted by atomic mass is 16.5. The fourth-order valence-electron chi connectivity index (χ4n) is 2.95. The molecule has 0 fully saturated rings. The average Bonchev–Trinajstić information content (AvgIpc) is 3.07. The molecule has 0 unspecified atom stereocenters. The van der Waals surface area contributed by atoms with Gasteiger partial charge in [0.2, 0.25) is 5.71 Å². The van der Waals surface area contributed by atoms with Crippen LogP contribution in [0.15, 0.2) is 28.7 Å². The monoisotopic (exact) mass is 413 g/mol. The number of carbonyl (C=O) groups is 2. The number of benzene rings is 1. The first-order valence-corrected chi connectivity index (χ1v) is 9.44. The first kappa shape index (κ1) is 21.1. The highest BCUT2D eigenvalue weighted by Crippen LogP contribution is 2.29. The number of anilines is 1. The second kappa shape index (κ2) is 9.25. The quantitative estimate of drug-likeness (QED) is 0.554. The highest BCUT2D eigenvalue weighted by Gasteiger charge is 2.24. The van der Waals surface area contributed by atoms with Crippen molar-refractivity contribution in [3.8, 4) is 5.75 Å². The Morgan fingerprint density at radius 3 is 2.53 bits per heavy atom. The molecule has 3 rings (SSSR count). The second-order valence-electron chi connectivity index (χ2n) is 6.47. The third-order valence-electron chi connectivity index (χ3n) is 4.42. The van der Waals surface area contributed by atoms with E-state index in [2.05, 4.69) is 9.97 Å². The van der Waals surface area contributed by atoms with Crippen LogP contribution >= 0.6 is 0 Å². The van der Waals surface area contributed by atoms with E-state index in [9.17, 15) is 9.59 Å². The lowest BCUT2D eigenvalue weighted by Gasteiger charge is -2.06. The molecule has 30 heavy (non-hydrogen) atoms. The Labute approximate surface area is 173 Å². The first-order chi connectivity index (χ1) is 14.4. The number of carbonyl (C=O) groups excluding carboxylic acids is 2. The van der Waals surface area contributed by atoms with Crippen LogP contribution in [0.4, 0.5) is 5.82 Å².